The van der Waals surface area contributed by atoms with Crippen LogP contribution in [0.15, 0.2) is 48.2 Å². The number of pyridine rings is 1. The number of hydrogen-bond donors (Lipinski definition) is 1. The topological polar surface area (TPSA) is 79.7 Å². The molecule has 2 aromatic rings. The normalized spacial score (nSPS) is 21.4. The van der Waals surface area contributed by atoms with Crippen molar-refractivity contribution in [1.82, 2.24) is 9.88 Å². The number of likely N-dealkylation sites (tertiary alicyclic amines) is 1. The van der Waals surface area contributed by atoms with Crippen molar-refractivity contribution in [3.63, 3.8) is 0 Å². The van der Waals surface area contributed by atoms with Crippen LogP contribution in [0.1, 0.15) is 69.3 Å². The number of benzene rings is 1. The predicted octanol–water partition coefficient (Wildman–Crippen LogP) is 4.75. The third kappa shape index (κ3) is 3.78. The van der Waals surface area contributed by atoms with Gasteiger partial charge < -0.3 is 14.7 Å². The summed E-state index contributed by atoms with van der Waals surface area (Å²) in [5.41, 5.74) is 1.85. The molecule has 4 rings (SSSR count). The highest BCUT2D eigenvalue weighted by molar-refractivity contribution is 6.46. The van der Waals surface area contributed by atoms with E-state index in [4.69, 9.17) is 4.74 Å². The second-order valence-corrected chi connectivity index (χ2v) is 9.56. The minimum Gasteiger partial charge on any atom is -0.507 e. The van der Waals surface area contributed by atoms with Crippen LogP contribution in [0.4, 0.5) is 0 Å². The number of nitrogens with zero attached hydrogens (tertiary/aromatic N) is 2. The molecule has 2 fully saturated rings. The molecule has 2 aliphatic rings. The molecule has 1 unspecified atom stereocenters. The molecule has 1 amide bonds. The number of Topliss-reactive ketones (excluding diaryl/α,β-unsaturated/α-hetero) is 1. The van der Waals surface area contributed by atoms with Crippen molar-refractivity contribution in [3.8, 4) is 5.75 Å². The highest BCUT2D eigenvalue weighted by Crippen LogP contribution is 2.43. The molecule has 1 aromatic carbocycles. The molecule has 1 N–H and O–H groups in total. The van der Waals surface area contributed by atoms with Gasteiger partial charge in [-0.3, -0.25) is 14.6 Å². The number of rotatable bonds is 4. The average molecular weight is 435 g/mol. The van der Waals surface area contributed by atoms with E-state index < -0.39 is 17.7 Å². The fraction of sp³-hybridized carbons (Fsp3) is 0.423. The Morgan fingerprint density at radius 3 is 2.44 bits per heavy atom. The first kappa shape index (κ1) is 22.1. The first-order valence-electron chi connectivity index (χ1n) is 11.1. The van der Waals surface area contributed by atoms with Crippen LogP contribution < -0.4 is 4.74 Å². The fourth-order valence-electron chi connectivity index (χ4n) is 4.83. The van der Waals surface area contributed by atoms with E-state index in [1.54, 1.807) is 42.5 Å². The standard InChI is InChI=1S/C26H30N2O4/c1-26(2,3)18-15-16(12-13-20(18)32-4)23(29)21-22(19-11-7-8-14-27-19)28(25(31)24(21)30)17-9-5-6-10-17/h7-8,11-15,17,22,29H,5-6,9-10H2,1-4H3/b23-21-. The highest BCUT2D eigenvalue weighted by atomic mass is 16.5. The molecule has 32 heavy (non-hydrogen) atoms. The van der Waals surface area contributed by atoms with Crippen molar-refractivity contribution >= 4 is 17.4 Å². The van der Waals surface area contributed by atoms with Gasteiger partial charge in [-0.25, -0.2) is 0 Å². The molecule has 0 radical (unpaired) electrons. The van der Waals surface area contributed by atoms with E-state index in [9.17, 15) is 14.7 Å². The van der Waals surface area contributed by atoms with Crippen LogP contribution in [0.3, 0.4) is 0 Å². The summed E-state index contributed by atoms with van der Waals surface area (Å²) in [5.74, 6) is -0.675. The second-order valence-electron chi connectivity index (χ2n) is 9.56. The Balaban J connectivity index is 1.89. The van der Waals surface area contributed by atoms with E-state index >= 15 is 0 Å². The van der Waals surface area contributed by atoms with E-state index in [0.29, 0.717) is 17.0 Å². The Morgan fingerprint density at radius 1 is 1.12 bits per heavy atom. The van der Waals surface area contributed by atoms with Crippen molar-refractivity contribution in [3.05, 3.63) is 65.0 Å². The number of carbonyl (C=O) groups excluding carboxylic acids is 2. The van der Waals surface area contributed by atoms with Gasteiger partial charge in [-0.1, -0.05) is 39.7 Å². The number of hydrogen-bond acceptors (Lipinski definition) is 5. The van der Waals surface area contributed by atoms with E-state index in [1.165, 1.54) is 0 Å². The van der Waals surface area contributed by atoms with Gasteiger partial charge in [-0.2, -0.15) is 0 Å². The molecule has 6 heteroatoms. The maximum Gasteiger partial charge on any atom is 0.295 e. The van der Waals surface area contributed by atoms with Crippen molar-refractivity contribution in [2.45, 2.75) is 64.0 Å². The number of aliphatic hydroxyl groups excluding tert-OH is 1. The third-order valence-corrected chi connectivity index (χ3v) is 6.45. The molecule has 168 valence electrons. The van der Waals surface area contributed by atoms with E-state index in [0.717, 1.165) is 31.2 Å². The summed E-state index contributed by atoms with van der Waals surface area (Å²) in [6.07, 6.45) is 5.40. The lowest BCUT2D eigenvalue weighted by atomic mass is 9.84. The van der Waals surface area contributed by atoms with Gasteiger partial charge in [0.2, 0.25) is 0 Å². The van der Waals surface area contributed by atoms with Gasteiger partial charge in [0.25, 0.3) is 11.7 Å². The van der Waals surface area contributed by atoms with Crippen LogP contribution in [-0.2, 0) is 15.0 Å². The Bertz CT molecular complexity index is 1060. The number of ketones is 1. The van der Waals surface area contributed by atoms with Crippen LogP contribution >= 0.6 is 0 Å². The van der Waals surface area contributed by atoms with Gasteiger partial charge in [-0.05, 0) is 48.6 Å². The highest BCUT2D eigenvalue weighted by Gasteiger charge is 2.49. The lowest BCUT2D eigenvalue weighted by molar-refractivity contribution is -0.141. The molecule has 1 aliphatic heterocycles. The Hall–Kier alpha value is -3.15. The molecule has 6 nitrogen and oxygen atoms in total. The second kappa shape index (κ2) is 8.41. The van der Waals surface area contributed by atoms with Crippen LogP contribution in [0.5, 0.6) is 5.75 Å². The molecular weight excluding hydrogens is 404 g/mol. The largest absolute Gasteiger partial charge is 0.507 e. The van der Waals surface area contributed by atoms with Crippen LogP contribution in [0.2, 0.25) is 0 Å². The smallest absolute Gasteiger partial charge is 0.295 e. The summed E-state index contributed by atoms with van der Waals surface area (Å²) in [6, 6.07) is 10.1. The fourth-order valence-corrected chi connectivity index (χ4v) is 4.83. The van der Waals surface area contributed by atoms with Crippen LogP contribution in [0.25, 0.3) is 5.76 Å². The SMILES string of the molecule is COc1ccc(/C(O)=C2/C(=O)C(=O)N(C3CCCC3)C2c2ccccn2)cc1C(C)(C)C. The third-order valence-electron chi connectivity index (χ3n) is 6.45. The molecule has 1 saturated carbocycles. The van der Waals surface area contributed by atoms with E-state index in [1.807, 2.05) is 12.1 Å². The monoisotopic (exact) mass is 434 g/mol. The average Bonchev–Trinajstić information content (AvgIpc) is 3.39. The quantitative estimate of drug-likeness (QED) is 0.427. The summed E-state index contributed by atoms with van der Waals surface area (Å²) in [5, 5.41) is 11.4. The molecule has 1 aromatic heterocycles. The van der Waals surface area contributed by atoms with Gasteiger partial charge in [0, 0.05) is 23.4 Å². The van der Waals surface area contributed by atoms with E-state index in [-0.39, 0.29) is 22.8 Å². The predicted molar refractivity (Wildman–Crippen MR) is 122 cm³/mol. The molecule has 1 aliphatic carbocycles. The van der Waals surface area contributed by atoms with Gasteiger partial charge in [0.15, 0.2) is 0 Å². The van der Waals surface area contributed by atoms with Gasteiger partial charge in [0.1, 0.15) is 17.6 Å². The van der Waals surface area contributed by atoms with Gasteiger partial charge in [-0.15, -0.1) is 0 Å². The van der Waals surface area contributed by atoms with Crippen molar-refractivity contribution in [2.24, 2.45) is 0 Å². The summed E-state index contributed by atoms with van der Waals surface area (Å²) >= 11 is 0. The zero-order chi connectivity index (χ0) is 23.0. The molecule has 0 spiro atoms. The Labute approximate surface area is 188 Å². The number of amides is 1. The Kier molecular flexibility index (Phi) is 5.80. The molecule has 1 saturated heterocycles. The molecular formula is C26H30N2O4. The summed E-state index contributed by atoms with van der Waals surface area (Å²) < 4.78 is 5.51. The lowest BCUT2D eigenvalue weighted by Gasteiger charge is -2.30. The number of methoxy groups -OCH3 is 1. The molecule has 2 heterocycles. The number of aliphatic hydroxyl groups is 1. The summed E-state index contributed by atoms with van der Waals surface area (Å²) in [7, 11) is 1.61. The van der Waals surface area contributed by atoms with Crippen molar-refractivity contribution in [2.75, 3.05) is 7.11 Å². The van der Waals surface area contributed by atoms with Crippen molar-refractivity contribution in [1.29, 1.82) is 0 Å². The molecule has 1 atom stereocenters. The Morgan fingerprint density at radius 2 is 1.84 bits per heavy atom. The molecule has 0 bridgehead atoms. The lowest BCUT2D eigenvalue weighted by Crippen LogP contribution is -2.37. The first-order chi connectivity index (χ1) is 15.2. The minimum atomic E-state index is -0.695. The van der Waals surface area contributed by atoms with Gasteiger partial charge >= 0.3 is 0 Å². The van der Waals surface area contributed by atoms with Crippen molar-refractivity contribution < 1.29 is 19.4 Å². The number of carbonyl (C=O) groups is 2. The summed E-state index contributed by atoms with van der Waals surface area (Å²) in [6.45, 7) is 6.17. The van der Waals surface area contributed by atoms with Crippen LogP contribution in [0, 0.1) is 0 Å². The summed E-state index contributed by atoms with van der Waals surface area (Å²) in [4.78, 5) is 32.4. The van der Waals surface area contributed by atoms with Crippen LogP contribution in [-0.4, -0.2) is 39.8 Å². The minimum absolute atomic E-state index is 0.0234. The number of aromatic nitrogens is 1. The van der Waals surface area contributed by atoms with E-state index in [2.05, 4.69) is 25.8 Å². The maximum atomic E-state index is 13.2. The zero-order valence-corrected chi connectivity index (χ0v) is 19.1. The first-order valence-corrected chi connectivity index (χ1v) is 11.1. The number of ether oxygens (including phenoxy) is 1. The maximum absolute atomic E-state index is 13.2. The zero-order valence-electron chi connectivity index (χ0n) is 19.1. The van der Waals surface area contributed by atoms with Gasteiger partial charge in [0.05, 0.1) is 18.4 Å².